The van der Waals surface area contributed by atoms with Gasteiger partial charge in [0.1, 0.15) is 5.69 Å². The predicted octanol–water partition coefficient (Wildman–Crippen LogP) is 1.59. The van der Waals surface area contributed by atoms with Gasteiger partial charge in [0, 0.05) is 19.2 Å². The third-order valence-corrected chi connectivity index (χ3v) is 3.74. The lowest BCUT2D eigenvalue weighted by Crippen LogP contribution is -2.31. The Kier molecular flexibility index (Phi) is 10.5. The van der Waals surface area contributed by atoms with E-state index in [0.717, 1.165) is 19.6 Å². The number of nitrogens with one attached hydrogen (secondary N) is 1. The van der Waals surface area contributed by atoms with Crippen LogP contribution < -0.4 is 15.6 Å². The summed E-state index contributed by atoms with van der Waals surface area (Å²) in [5, 5.41) is 7.43. The minimum absolute atomic E-state index is 0. The third kappa shape index (κ3) is 6.04. The largest absolute Gasteiger partial charge is 0.480 e. The summed E-state index contributed by atoms with van der Waals surface area (Å²) in [6.45, 7) is 7.81. The van der Waals surface area contributed by atoms with E-state index in [1.165, 1.54) is 4.68 Å². The van der Waals surface area contributed by atoms with E-state index < -0.39 is 0 Å². The number of aromatic nitrogens is 2. The van der Waals surface area contributed by atoms with Crippen molar-refractivity contribution < 1.29 is 10.2 Å². The van der Waals surface area contributed by atoms with Gasteiger partial charge < -0.3 is 20.4 Å². The first kappa shape index (κ1) is 22.9. The van der Waals surface area contributed by atoms with E-state index >= 15 is 0 Å². The number of hydrogen-bond acceptors (Lipinski definition) is 5. The molecule has 0 amide bonds. The molecule has 0 atom stereocenters. The molecular weight excluding hydrogens is 344 g/mol. The molecule has 0 spiro atoms. The van der Waals surface area contributed by atoms with E-state index in [0.29, 0.717) is 23.8 Å². The van der Waals surface area contributed by atoms with Gasteiger partial charge in [-0.05, 0) is 25.2 Å². The zero-order chi connectivity index (χ0) is 16.7. The van der Waals surface area contributed by atoms with E-state index in [-0.39, 0.29) is 23.4 Å². The number of halogens is 1. The Morgan fingerprint density at radius 2 is 1.84 bits per heavy atom. The standard InChI is InChI=1S/C17H24N4O2.ClH.H2O/c1-4-20(5-2)12-11-18-15-13-16(23-3)19-21(17(15)22)14-9-7-6-8-10-14;;/h6-10,13,18H,4-5,11-12H2,1-3H3;1H;1H2. The average Bonchev–Trinajstić information content (AvgIpc) is 2.60. The molecule has 1 heterocycles. The van der Waals surface area contributed by atoms with Crippen LogP contribution >= 0.6 is 12.4 Å². The van der Waals surface area contributed by atoms with E-state index in [1.54, 1.807) is 13.2 Å². The normalized spacial score (nSPS) is 9.92. The Bertz CT molecular complexity index is 675. The first-order valence-corrected chi connectivity index (χ1v) is 7.89. The zero-order valence-corrected chi connectivity index (χ0v) is 15.7. The fraction of sp³-hybridized carbons (Fsp3) is 0.412. The highest BCUT2D eigenvalue weighted by molar-refractivity contribution is 5.85. The third-order valence-electron chi connectivity index (χ3n) is 3.74. The maximum atomic E-state index is 12.6. The maximum Gasteiger partial charge on any atom is 0.295 e. The van der Waals surface area contributed by atoms with Crippen LogP contribution in [0, 0.1) is 0 Å². The molecule has 25 heavy (non-hydrogen) atoms. The predicted molar refractivity (Wildman–Crippen MR) is 104 cm³/mol. The first-order valence-electron chi connectivity index (χ1n) is 7.89. The molecule has 2 rings (SSSR count). The topological polar surface area (TPSA) is 90.9 Å². The SMILES string of the molecule is CCN(CC)CCNc1cc(OC)nn(-c2ccccc2)c1=O.Cl.O. The Morgan fingerprint density at radius 1 is 1.20 bits per heavy atom. The number of anilines is 1. The summed E-state index contributed by atoms with van der Waals surface area (Å²) in [5.41, 5.74) is 1.02. The van der Waals surface area contributed by atoms with E-state index in [1.807, 2.05) is 30.3 Å². The second-order valence-electron chi connectivity index (χ2n) is 5.11. The Labute approximate surface area is 154 Å². The van der Waals surface area contributed by atoms with Crippen molar-refractivity contribution in [2.45, 2.75) is 13.8 Å². The molecule has 7 nitrogen and oxygen atoms in total. The van der Waals surface area contributed by atoms with Crippen molar-refractivity contribution in [3.8, 4) is 11.6 Å². The summed E-state index contributed by atoms with van der Waals surface area (Å²) in [4.78, 5) is 14.9. The molecule has 0 aliphatic carbocycles. The summed E-state index contributed by atoms with van der Waals surface area (Å²) in [5.74, 6) is 0.402. The van der Waals surface area contributed by atoms with Crippen LogP contribution in [0.5, 0.6) is 5.88 Å². The van der Waals surface area contributed by atoms with Gasteiger partial charge in [-0.3, -0.25) is 4.79 Å². The van der Waals surface area contributed by atoms with Crippen molar-refractivity contribution in [1.29, 1.82) is 0 Å². The second kappa shape index (κ2) is 11.5. The molecule has 0 aliphatic heterocycles. The van der Waals surface area contributed by atoms with Crippen molar-refractivity contribution in [2.75, 3.05) is 38.6 Å². The van der Waals surface area contributed by atoms with Crippen molar-refractivity contribution >= 4 is 18.1 Å². The molecule has 3 N–H and O–H groups in total. The van der Waals surface area contributed by atoms with Crippen LogP contribution in [0.3, 0.4) is 0 Å². The Balaban J connectivity index is 0.00000288. The monoisotopic (exact) mass is 370 g/mol. The molecule has 1 aromatic heterocycles. The quantitative estimate of drug-likeness (QED) is 0.762. The number of hydrogen-bond donors (Lipinski definition) is 1. The van der Waals surface area contributed by atoms with Crippen molar-refractivity contribution in [3.05, 3.63) is 46.8 Å². The zero-order valence-electron chi connectivity index (χ0n) is 14.9. The average molecular weight is 371 g/mol. The van der Waals surface area contributed by atoms with Gasteiger partial charge in [-0.1, -0.05) is 32.0 Å². The highest BCUT2D eigenvalue weighted by Gasteiger charge is 2.10. The van der Waals surface area contributed by atoms with Crippen molar-refractivity contribution in [2.24, 2.45) is 0 Å². The molecule has 8 heteroatoms. The molecule has 140 valence electrons. The highest BCUT2D eigenvalue weighted by atomic mass is 35.5. The number of methoxy groups -OCH3 is 1. The summed E-state index contributed by atoms with van der Waals surface area (Å²) in [6, 6.07) is 11.0. The number of rotatable bonds is 8. The van der Waals surface area contributed by atoms with Crippen LogP contribution in [-0.4, -0.2) is 53.4 Å². The second-order valence-corrected chi connectivity index (χ2v) is 5.11. The summed E-state index contributed by atoms with van der Waals surface area (Å²) >= 11 is 0. The van der Waals surface area contributed by atoms with E-state index in [9.17, 15) is 4.79 Å². The fourth-order valence-electron chi connectivity index (χ4n) is 2.33. The van der Waals surface area contributed by atoms with Gasteiger partial charge >= 0.3 is 0 Å². The number of ether oxygens (including phenoxy) is 1. The highest BCUT2D eigenvalue weighted by Crippen LogP contribution is 2.12. The van der Waals surface area contributed by atoms with Crippen LogP contribution in [0.2, 0.25) is 0 Å². The molecule has 0 radical (unpaired) electrons. The molecular formula is C17H27ClN4O3. The van der Waals surface area contributed by atoms with Crippen molar-refractivity contribution in [1.82, 2.24) is 14.7 Å². The lowest BCUT2D eigenvalue weighted by atomic mass is 10.3. The fourth-order valence-corrected chi connectivity index (χ4v) is 2.33. The lowest BCUT2D eigenvalue weighted by Gasteiger charge is -2.18. The molecule has 0 aliphatic rings. The van der Waals surface area contributed by atoms with Gasteiger partial charge in [-0.2, -0.15) is 4.68 Å². The molecule has 1 aromatic carbocycles. The minimum atomic E-state index is -0.184. The molecule has 0 saturated heterocycles. The van der Waals surface area contributed by atoms with Crippen LogP contribution in [-0.2, 0) is 0 Å². The molecule has 0 bridgehead atoms. The number of nitrogens with zero attached hydrogens (tertiary/aromatic N) is 3. The molecule has 0 unspecified atom stereocenters. The van der Waals surface area contributed by atoms with Crippen molar-refractivity contribution in [3.63, 3.8) is 0 Å². The van der Waals surface area contributed by atoms with Gasteiger partial charge in [-0.15, -0.1) is 17.5 Å². The first-order chi connectivity index (χ1) is 11.2. The van der Waals surface area contributed by atoms with Crippen LogP contribution in [0.4, 0.5) is 5.69 Å². The number of benzene rings is 1. The van der Waals surface area contributed by atoms with E-state index in [4.69, 9.17) is 4.74 Å². The Morgan fingerprint density at radius 3 is 2.40 bits per heavy atom. The number of likely N-dealkylation sites (N-methyl/N-ethyl adjacent to an activating group) is 1. The molecule has 2 aromatic rings. The van der Waals surface area contributed by atoms with Gasteiger partial charge in [0.25, 0.3) is 5.56 Å². The van der Waals surface area contributed by atoms with E-state index in [2.05, 4.69) is 29.2 Å². The Hall–Kier alpha value is -2.09. The lowest BCUT2D eigenvalue weighted by molar-refractivity contribution is 0.316. The van der Waals surface area contributed by atoms with Gasteiger partial charge in [0.05, 0.1) is 12.8 Å². The van der Waals surface area contributed by atoms with Gasteiger partial charge in [-0.25, -0.2) is 0 Å². The van der Waals surface area contributed by atoms with Crippen LogP contribution in [0.25, 0.3) is 5.69 Å². The summed E-state index contributed by atoms with van der Waals surface area (Å²) in [7, 11) is 1.54. The minimum Gasteiger partial charge on any atom is -0.480 e. The maximum absolute atomic E-state index is 12.6. The van der Waals surface area contributed by atoms with Crippen LogP contribution in [0.1, 0.15) is 13.8 Å². The van der Waals surface area contributed by atoms with Gasteiger partial charge in [0.15, 0.2) is 0 Å². The molecule has 0 saturated carbocycles. The van der Waals surface area contributed by atoms with Crippen LogP contribution in [0.15, 0.2) is 41.2 Å². The number of para-hydroxylation sites is 1. The molecule has 0 fully saturated rings. The van der Waals surface area contributed by atoms with Gasteiger partial charge in [0.2, 0.25) is 5.88 Å². The smallest absolute Gasteiger partial charge is 0.295 e. The summed E-state index contributed by atoms with van der Waals surface area (Å²) in [6.07, 6.45) is 0. The summed E-state index contributed by atoms with van der Waals surface area (Å²) < 4.78 is 6.58.